The summed E-state index contributed by atoms with van der Waals surface area (Å²) in [5.74, 6) is -2.07. The van der Waals surface area contributed by atoms with Crippen molar-refractivity contribution >= 4 is 11.6 Å². The van der Waals surface area contributed by atoms with E-state index in [0.717, 1.165) is 17.7 Å². The van der Waals surface area contributed by atoms with Crippen molar-refractivity contribution in [3.63, 3.8) is 0 Å². The summed E-state index contributed by atoms with van der Waals surface area (Å²) < 4.78 is 26.4. The van der Waals surface area contributed by atoms with Crippen LogP contribution in [0.4, 0.5) is 14.5 Å². The van der Waals surface area contributed by atoms with Crippen molar-refractivity contribution in [3.05, 3.63) is 65.2 Å². The van der Waals surface area contributed by atoms with Gasteiger partial charge in [0.1, 0.15) is 11.6 Å². The smallest absolute Gasteiger partial charge is 0.260 e. The van der Waals surface area contributed by atoms with E-state index in [1.54, 1.807) is 19.2 Å². The monoisotopic (exact) mass is 261 g/mol. The highest BCUT2D eigenvalue weighted by molar-refractivity contribution is 6.05. The summed E-state index contributed by atoms with van der Waals surface area (Å²) in [4.78, 5) is 13.5. The van der Waals surface area contributed by atoms with Gasteiger partial charge < -0.3 is 4.90 Å². The molecule has 98 valence electrons. The van der Waals surface area contributed by atoms with Crippen LogP contribution in [-0.4, -0.2) is 13.0 Å². The molecule has 19 heavy (non-hydrogen) atoms. The van der Waals surface area contributed by atoms with Crippen LogP contribution in [0, 0.1) is 18.6 Å². The van der Waals surface area contributed by atoms with Gasteiger partial charge in [0.25, 0.3) is 5.91 Å². The average Bonchev–Trinajstić information content (AvgIpc) is 2.38. The average molecular weight is 261 g/mol. The van der Waals surface area contributed by atoms with E-state index in [1.807, 2.05) is 19.1 Å². The zero-order valence-corrected chi connectivity index (χ0v) is 10.7. The Morgan fingerprint density at radius 1 is 1.05 bits per heavy atom. The highest BCUT2D eigenvalue weighted by Gasteiger charge is 2.17. The van der Waals surface area contributed by atoms with Crippen LogP contribution < -0.4 is 4.90 Å². The number of amides is 1. The normalized spacial score (nSPS) is 10.3. The van der Waals surface area contributed by atoms with E-state index in [9.17, 15) is 13.6 Å². The zero-order valence-electron chi connectivity index (χ0n) is 10.7. The number of nitrogens with zero attached hydrogens (tertiary/aromatic N) is 1. The molecule has 0 bridgehead atoms. The van der Waals surface area contributed by atoms with E-state index in [2.05, 4.69) is 0 Å². The van der Waals surface area contributed by atoms with Crippen molar-refractivity contribution in [2.24, 2.45) is 0 Å². The fourth-order valence-electron chi connectivity index (χ4n) is 1.73. The molecule has 0 aromatic heterocycles. The van der Waals surface area contributed by atoms with E-state index < -0.39 is 17.5 Å². The lowest BCUT2D eigenvalue weighted by Crippen LogP contribution is -2.27. The molecule has 2 rings (SSSR count). The minimum absolute atomic E-state index is 0.149. The van der Waals surface area contributed by atoms with Gasteiger partial charge in [0.15, 0.2) is 0 Å². The van der Waals surface area contributed by atoms with Crippen LogP contribution in [0.2, 0.25) is 0 Å². The Kier molecular flexibility index (Phi) is 3.60. The van der Waals surface area contributed by atoms with Gasteiger partial charge in [-0.2, -0.15) is 0 Å². The standard InChI is InChI=1S/C15H13F2NO/c1-10-3-6-12(7-4-10)18(2)15(19)13-8-5-11(16)9-14(13)17/h3-9H,1-2H3. The molecule has 0 atom stereocenters. The molecule has 0 saturated heterocycles. The Morgan fingerprint density at radius 2 is 1.68 bits per heavy atom. The summed E-state index contributed by atoms with van der Waals surface area (Å²) in [5.41, 5.74) is 1.57. The third-order valence-electron chi connectivity index (χ3n) is 2.89. The van der Waals surface area contributed by atoms with Gasteiger partial charge in [0.2, 0.25) is 0 Å². The van der Waals surface area contributed by atoms with Gasteiger partial charge in [0, 0.05) is 18.8 Å². The molecule has 0 heterocycles. The highest BCUT2D eigenvalue weighted by Crippen LogP contribution is 2.18. The molecule has 0 N–H and O–H groups in total. The van der Waals surface area contributed by atoms with Gasteiger partial charge >= 0.3 is 0 Å². The van der Waals surface area contributed by atoms with E-state index in [4.69, 9.17) is 0 Å². The molecule has 0 spiro atoms. The van der Waals surface area contributed by atoms with Gasteiger partial charge in [-0.15, -0.1) is 0 Å². The number of rotatable bonds is 2. The first-order chi connectivity index (χ1) is 8.99. The van der Waals surface area contributed by atoms with Crippen molar-refractivity contribution in [1.82, 2.24) is 0 Å². The Labute approximate surface area is 110 Å². The molecule has 2 aromatic rings. The van der Waals surface area contributed by atoms with Crippen LogP contribution in [-0.2, 0) is 0 Å². The first-order valence-corrected chi connectivity index (χ1v) is 5.79. The number of aryl methyl sites for hydroxylation is 1. The summed E-state index contributed by atoms with van der Waals surface area (Å²) in [6.45, 7) is 1.94. The van der Waals surface area contributed by atoms with Gasteiger partial charge in [-0.1, -0.05) is 17.7 Å². The fourth-order valence-corrected chi connectivity index (χ4v) is 1.73. The quantitative estimate of drug-likeness (QED) is 0.809. The molecule has 0 radical (unpaired) electrons. The third-order valence-corrected chi connectivity index (χ3v) is 2.89. The molecule has 4 heteroatoms. The van der Waals surface area contributed by atoms with Crippen molar-refractivity contribution < 1.29 is 13.6 Å². The second-order valence-corrected chi connectivity index (χ2v) is 4.32. The first-order valence-electron chi connectivity index (χ1n) is 5.79. The Bertz CT molecular complexity index is 608. The number of carbonyl (C=O) groups excluding carboxylic acids is 1. The predicted octanol–water partition coefficient (Wildman–Crippen LogP) is 3.55. The SMILES string of the molecule is Cc1ccc(N(C)C(=O)c2ccc(F)cc2F)cc1. The van der Waals surface area contributed by atoms with Crippen LogP contribution in [0.15, 0.2) is 42.5 Å². The summed E-state index contributed by atoms with van der Waals surface area (Å²) in [6, 6.07) is 10.2. The lowest BCUT2D eigenvalue weighted by atomic mass is 10.1. The number of halogens is 2. The molecule has 0 fully saturated rings. The number of carbonyl (C=O) groups is 1. The maximum absolute atomic E-state index is 13.6. The molecule has 0 aliphatic carbocycles. The van der Waals surface area contributed by atoms with Crippen molar-refractivity contribution in [3.8, 4) is 0 Å². The lowest BCUT2D eigenvalue weighted by molar-refractivity contribution is 0.0989. The van der Waals surface area contributed by atoms with Gasteiger partial charge in [0.05, 0.1) is 5.56 Å². The summed E-state index contributed by atoms with van der Waals surface area (Å²) in [6.07, 6.45) is 0. The number of hydrogen-bond donors (Lipinski definition) is 0. The van der Waals surface area contributed by atoms with Crippen LogP contribution >= 0.6 is 0 Å². The molecule has 0 unspecified atom stereocenters. The minimum Gasteiger partial charge on any atom is -0.311 e. The molecule has 0 saturated carbocycles. The maximum Gasteiger partial charge on any atom is 0.260 e. The first kappa shape index (κ1) is 13.2. The van der Waals surface area contributed by atoms with Crippen molar-refractivity contribution in [2.45, 2.75) is 6.92 Å². The Morgan fingerprint density at radius 3 is 2.26 bits per heavy atom. The van der Waals surface area contributed by atoms with E-state index in [0.29, 0.717) is 11.8 Å². The maximum atomic E-state index is 13.6. The third kappa shape index (κ3) is 2.78. The van der Waals surface area contributed by atoms with Crippen LogP contribution in [0.25, 0.3) is 0 Å². The van der Waals surface area contributed by atoms with Crippen LogP contribution in [0.1, 0.15) is 15.9 Å². The van der Waals surface area contributed by atoms with Gasteiger partial charge in [-0.25, -0.2) is 8.78 Å². The molecular formula is C15H13F2NO. The van der Waals surface area contributed by atoms with E-state index >= 15 is 0 Å². The van der Waals surface area contributed by atoms with Crippen molar-refractivity contribution in [2.75, 3.05) is 11.9 Å². The molecule has 2 aromatic carbocycles. The fraction of sp³-hybridized carbons (Fsp3) is 0.133. The second kappa shape index (κ2) is 5.18. The largest absolute Gasteiger partial charge is 0.311 e. The summed E-state index contributed by atoms with van der Waals surface area (Å²) >= 11 is 0. The zero-order chi connectivity index (χ0) is 14.0. The molecule has 0 aliphatic heterocycles. The summed E-state index contributed by atoms with van der Waals surface area (Å²) in [7, 11) is 1.55. The van der Waals surface area contributed by atoms with Gasteiger partial charge in [-0.05, 0) is 31.2 Å². The molecule has 1 amide bonds. The highest BCUT2D eigenvalue weighted by atomic mass is 19.1. The minimum atomic E-state index is -0.857. The molecular weight excluding hydrogens is 248 g/mol. The van der Waals surface area contributed by atoms with Crippen molar-refractivity contribution in [1.29, 1.82) is 0 Å². The van der Waals surface area contributed by atoms with Crippen LogP contribution in [0.3, 0.4) is 0 Å². The Balaban J connectivity index is 2.30. The predicted molar refractivity (Wildman–Crippen MR) is 70.3 cm³/mol. The van der Waals surface area contributed by atoms with Crippen LogP contribution in [0.5, 0.6) is 0 Å². The Hall–Kier alpha value is -2.23. The molecule has 2 nitrogen and oxygen atoms in total. The number of hydrogen-bond acceptors (Lipinski definition) is 1. The number of anilines is 1. The van der Waals surface area contributed by atoms with E-state index in [-0.39, 0.29) is 5.56 Å². The summed E-state index contributed by atoms with van der Waals surface area (Å²) in [5, 5.41) is 0. The number of benzene rings is 2. The van der Waals surface area contributed by atoms with E-state index in [1.165, 1.54) is 4.90 Å². The topological polar surface area (TPSA) is 20.3 Å². The second-order valence-electron chi connectivity index (χ2n) is 4.32. The lowest BCUT2D eigenvalue weighted by Gasteiger charge is -2.18. The van der Waals surface area contributed by atoms with Gasteiger partial charge in [-0.3, -0.25) is 4.79 Å². The molecule has 0 aliphatic rings.